The van der Waals surface area contributed by atoms with Gasteiger partial charge < -0.3 is 19.4 Å². The molecule has 0 spiro atoms. The van der Waals surface area contributed by atoms with Crippen LogP contribution in [0.4, 0.5) is 0 Å². The molecule has 1 N–H and O–H groups in total. The van der Waals surface area contributed by atoms with Crippen LogP contribution in [-0.2, 0) is 13.1 Å². The molecule has 8 heteroatoms. The summed E-state index contributed by atoms with van der Waals surface area (Å²) in [5.41, 5.74) is 1.96. The maximum atomic E-state index is 13.5. The van der Waals surface area contributed by atoms with E-state index in [1.54, 1.807) is 66.6 Å². The van der Waals surface area contributed by atoms with E-state index < -0.39 is 0 Å². The van der Waals surface area contributed by atoms with E-state index in [4.69, 9.17) is 32.7 Å². The Hall–Kier alpha value is -3.48. The Morgan fingerprint density at radius 3 is 2.26 bits per heavy atom. The first-order valence-electron chi connectivity index (χ1n) is 10.5. The molecule has 0 bridgehead atoms. The van der Waals surface area contributed by atoms with Gasteiger partial charge in [0.05, 0.1) is 36.9 Å². The number of carbonyl (C=O) groups is 1. The molecule has 0 atom stereocenters. The van der Waals surface area contributed by atoms with Gasteiger partial charge in [0.25, 0.3) is 11.5 Å². The normalized spacial score (nSPS) is 10.8. The SMILES string of the molecule is COc1cc2cc(CN(Cc3ccc(Cl)cc3)C(=O)c3ccccc3Cl)c(=O)[nH]c2cc1OC. The van der Waals surface area contributed by atoms with E-state index in [1.165, 1.54) is 7.11 Å². The number of pyridine rings is 1. The zero-order valence-corrected chi connectivity index (χ0v) is 20.1. The van der Waals surface area contributed by atoms with E-state index in [1.807, 2.05) is 12.1 Å². The van der Waals surface area contributed by atoms with Crippen LogP contribution < -0.4 is 15.0 Å². The number of aromatic amines is 1. The number of H-pyrrole nitrogens is 1. The summed E-state index contributed by atoms with van der Waals surface area (Å²) >= 11 is 12.3. The van der Waals surface area contributed by atoms with Crippen molar-refractivity contribution in [2.24, 2.45) is 0 Å². The third-order valence-corrected chi connectivity index (χ3v) is 6.05. The molecule has 0 saturated carbocycles. The topological polar surface area (TPSA) is 71.6 Å². The Morgan fingerprint density at radius 2 is 1.59 bits per heavy atom. The number of ether oxygens (including phenoxy) is 2. The maximum absolute atomic E-state index is 13.5. The lowest BCUT2D eigenvalue weighted by molar-refractivity contribution is 0.0729. The van der Waals surface area contributed by atoms with Crippen molar-refractivity contribution < 1.29 is 14.3 Å². The predicted molar refractivity (Wildman–Crippen MR) is 134 cm³/mol. The number of rotatable bonds is 7. The number of fused-ring (bicyclic) bond motifs is 1. The number of aromatic nitrogens is 1. The average Bonchev–Trinajstić information content (AvgIpc) is 2.84. The molecule has 0 radical (unpaired) electrons. The second-order valence-electron chi connectivity index (χ2n) is 7.69. The van der Waals surface area contributed by atoms with Gasteiger partial charge >= 0.3 is 0 Å². The van der Waals surface area contributed by atoms with Gasteiger partial charge in [-0.25, -0.2) is 0 Å². The lowest BCUT2D eigenvalue weighted by Crippen LogP contribution is -2.32. The summed E-state index contributed by atoms with van der Waals surface area (Å²) in [7, 11) is 3.08. The van der Waals surface area contributed by atoms with Crippen LogP contribution in [0.5, 0.6) is 11.5 Å². The van der Waals surface area contributed by atoms with Crippen molar-refractivity contribution >= 4 is 40.0 Å². The summed E-state index contributed by atoms with van der Waals surface area (Å²) in [4.78, 5) is 30.9. The predicted octanol–water partition coefficient (Wildman–Crippen LogP) is 5.69. The molecule has 1 amide bonds. The van der Waals surface area contributed by atoms with Crippen LogP contribution in [0.15, 0.2) is 71.5 Å². The monoisotopic (exact) mass is 496 g/mol. The van der Waals surface area contributed by atoms with Gasteiger partial charge in [0.1, 0.15) is 0 Å². The zero-order chi connectivity index (χ0) is 24.2. The number of carbonyl (C=O) groups excluding carboxylic acids is 1. The fourth-order valence-corrected chi connectivity index (χ4v) is 4.06. The Morgan fingerprint density at radius 1 is 0.912 bits per heavy atom. The van der Waals surface area contributed by atoms with Crippen LogP contribution in [0, 0.1) is 0 Å². The Bertz CT molecular complexity index is 1400. The summed E-state index contributed by atoms with van der Waals surface area (Å²) in [6.07, 6.45) is 0. The number of hydrogen-bond acceptors (Lipinski definition) is 4. The van der Waals surface area contributed by atoms with Gasteiger partial charge in [-0.2, -0.15) is 0 Å². The highest BCUT2D eigenvalue weighted by molar-refractivity contribution is 6.33. The molecular weight excluding hydrogens is 475 g/mol. The van der Waals surface area contributed by atoms with Crippen LogP contribution in [0.3, 0.4) is 0 Å². The molecule has 4 rings (SSSR count). The second-order valence-corrected chi connectivity index (χ2v) is 8.53. The number of nitrogens with zero attached hydrogens (tertiary/aromatic N) is 1. The first kappa shape index (κ1) is 23.7. The van der Waals surface area contributed by atoms with Gasteiger partial charge in [-0.05, 0) is 42.0 Å². The molecule has 0 aliphatic carbocycles. The molecule has 0 saturated heterocycles. The maximum Gasteiger partial charge on any atom is 0.255 e. The lowest BCUT2D eigenvalue weighted by atomic mass is 10.1. The van der Waals surface area contributed by atoms with Crippen LogP contribution >= 0.6 is 23.2 Å². The fourth-order valence-electron chi connectivity index (χ4n) is 3.72. The Labute approximate surface area is 206 Å². The smallest absolute Gasteiger partial charge is 0.255 e. The molecule has 1 aromatic heterocycles. The minimum Gasteiger partial charge on any atom is -0.493 e. The van der Waals surface area contributed by atoms with Crippen LogP contribution in [-0.4, -0.2) is 30.0 Å². The highest BCUT2D eigenvalue weighted by Gasteiger charge is 2.21. The minimum atomic E-state index is -0.298. The van der Waals surface area contributed by atoms with Crippen molar-refractivity contribution in [3.05, 3.63) is 104 Å². The molecule has 0 fully saturated rings. The average molecular weight is 497 g/mol. The molecule has 3 aromatic carbocycles. The van der Waals surface area contributed by atoms with E-state index in [-0.39, 0.29) is 24.6 Å². The summed E-state index contributed by atoms with van der Waals surface area (Å²) in [5.74, 6) is 0.766. The third-order valence-electron chi connectivity index (χ3n) is 5.46. The van der Waals surface area contributed by atoms with Crippen LogP contribution in [0.2, 0.25) is 10.0 Å². The zero-order valence-electron chi connectivity index (χ0n) is 18.6. The van der Waals surface area contributed by atoms with Gasteiger partial charge in [-0.1, -0.05) is 47.5 Å². The van der Waals surface area contributed by atoms with Crippen molar-refractivity contribution in [1.82, 2.24) is 9.88 Å². The van der Waals surface area contributed by atoms with Gasteiger partial charge in [-0.3, -0.25) is 9.59 Å². The largest absolute Gasteiger partial charge is 0.493 e. The minimum absolute atomic E-state index is 0.0757. The first-order valence-corrected chi connectivity index (χ1v) is 11.2. The summed E-state index contributed by atoms with van der Waals surface area (Å²) in [6.45, 7) is 0.344. The van der Waals surface area contributed by atoms with Gasteiger partial charge in [-0.15, -0.1) is 0 Å². The van der Waals surface area contributed by atoms with E-state index in [0.717, 1.165) is 10.9 Å². The van der Waals surface area contributed by atoms with Crippen molar-refractivity contribution in [2.45, 2.75) is 13.1 Å². The van der Waals surface area contributed by atoms with Crippen molar-refractivity contribution in [3.63, 3.8) is 0 Å². The summed E-state index contributed by atoms with van der Waals surface area (Å²) in [6, 6.07) is 19.3. The second kappa shape index (κ2) is 10.2. The standard InChI is InChI=1S/C26H22Cl2N2O4/c1-33-23-12-17-11-18(25(31)29-22(17)13-24(23)34-2)15-30(14-16-7-9-19(27)10-8-16)26(32)20-5-3-4-6-21(20)28/h3-13H,14-15H2,1-2H3,(H,29,31). The van der Waals surface area contributed by atoms with E-state index in [0.29, 0.717) is 38.2 Å². The van der Waals surface area contributed by atoms with Crippen molar-refractivity contribution in [3.8, 4) is 11.5 Å². The number of nitrogens with one attached hydrogen (secondary N) is 1. The number of hydrogen-bond donors (Lipinski definition) is 1. The van der Waals surface area contributed by atoms with Crippen molar-refractivity contribution in [1.29, 1.82) is 0 Å². The summed E-state index contributed by atoms with van der Waals surface area (Å²) < 4.78 is 10.7. The molecule has 6 nitrogen and oxygen atoms in total. The van der Waals surface area contributed by atoms with Crippen LogP contribution in [0.1, 0.15) is 21.5 Å². The molecule has 0 aliphatic rings. The Kier molecular flexibility index (Phi) is 7.10. The molecule has 0 aliphatic heterocycles. The quantitative estimate of drug-likeness (QED) is 0.356. The molecule has 34 heavy (non-hydrogen) atoms. The third kappa shape index (κ3) is 5.03. The van der Waals surface area contributed by atoms with E-state index in [2.05, 4.69) is 4.98 Å². The molecule has 1 heterocycles. The molecule has 0 unspecified atom stereocenters. The van der Waals surface area contributed by atoms with Crippen LogP contribution in [0.25, 0.3) is 10.9 Å². The highest BCUT2D eigenvalue weighted by Crippen LogP contribution is 2.31. The fraction of sp³-hybridized carbons (Fsp3) is 0.154. The van der Waals surface area contributed by atoms with Gasteiger partial charge in [0.2, 0.25) is 0 Å². The number of amides is 1. The lowest BCUT2D eigenvalue weighted by Gasteiger charge is -2.23. The summed E-state index contributed by atoms with van der Waals surface area (Å²) in [5, 5.41) is 1.70. The number of halogens is 2. The van der Waals surface area contributed by atoms with Gasteiger partial charge in [0, 0.05) is 28.6 Å². The van der Waals surface area contributed by atoms with E-state index >= 15 is 0 Å². The van der Waals surface area contributed by atoms with Gasteiger partial charge in [0.15, 0.2) is 11.5 Å². The van der Waals surface area contributed by atoms with E-state index in [9.17, 15) is 9.59 Å². The number of benzene rings is 3. The molecule has 4 aromatic rings. The highest BCUT2D eigenvalue weighted by atomic mass is 35.5. The molecular formula is C26H22Cl2N2O4. The van der Waals surface area contributed by atoms with Crippen molar-refractivity contribution in [2.75, 3.05) is 14.2 Å². The number of methoxy groups -OCH3 is 2. The Balaban J connectivity index is 1.74. The first-order chi connectivity index (χ1) is 16.4. The molecule has 174 valence electrons.